The number of esters is 2. The van der Waals surface area contributed by atoms with Crippen molar-refractivity contribution in [3.8, 4) is 0 Å². The fourth-order valence-electron chi connectivity index (χ4n) is 2.76. The highest BCUT2D eigenvalue weighted by Crippen LogP contribution is 2.32. The Morgan fingerprint density at radius 2 is 1.42 bits per heavy atom. The number of Topliss-reactive ketones (excluding diaryl/α,β-unsaturated/α-hetero) is 1. The first kappa shape index (κ1) is 19.7. The fraction of sp³-hybridized carbons (Fsp3) is 0.250. The van der Waals surface area contributed by atoms with E-state index in [1.165, 1.54) is 14.2 Å². The first-order valence-electron chi connectivity index (χ1n) is 7.97. The van der Waals surface area contributed by atoms with Crippen LogP contribution in [0.4, 0.5) is 0 Å². The van der Waals surface area contributed by atoms with Gasteiger partial charge in [-0.15, -0.1) is 0 Å². The summed E-state index contributed by atoms with van der Waals surface area (Å²) in [6, 6.07) is 15.3. The maximum Gasteiger partial charge on any atom is 0.320 e. The molecule has 1 atom stereocenters. The molecule has 6 heteroatoms. The van der Waals surface area contributed by atoms with Crippen LogP contribution in [-0.2, 0) is 19.1 Å². The van der Waals surface area contributed by atoms with E-state index < -0.39 is 23.8 Å². The summed E-state index contributed by atoms with van der Waals surface area (Å²) in [6.45, 7) is 0. The molecule has 0 N–H and O–H groups in total. The molecule has 0 aliphatic heterocycles. The molecular formula is C20H19ClO5. The number of halogens is 1. The van der Waals surface area contributed by atoms with Crippen LogP contribution < -0.4 is 0 Å². The minimum atomic E-state index is -1.25. The molecule has 0 saturated heterocycles. The zero-order valence-electron chi connectivity index (χ0n) is 14.5. The summed E-state index contributed by atoms with van der Waals surface area (Å²) in [4.78, 5) is 37.2. The van der Waals surface area contributed by atoms with Gasteiger partial charge in [0.2, 0.25) is 0 Å². The number of ether oxygens (including phenoxy) is 2. The van der Waals surface area contributed by atoms with Gasteiger partial charge in [0.1, 0.15) is 0 Å². The van der Waals surface area contributed by atoms with Gasteiger partial charge in [-0.05, 0) is 17.7 Å². The lowest BCUT2D eigenvalue weighted by atomic mass is 9.81. The molecule has 0 amide bonds. The maximum atomic E-state index is 12.7. The summed E-state index contributed by atoms with van der Waals surface area (Å²) in [6.07, 6.45) is -0.0550. The number of ketones is 1. The maximum absolute atomic E-state index is 12.7. The quantitative estimate of drug-likeness (QED) is 0.420. The first-order chi connectivity index (χ1) is 12.5. The van der Waals surface area contributed by atoms with Crippen molar-refractivity contribution in [3.63, 3.8) is 0 Å². The molecule has 0 spiro atoms. The molecule has 0 aromatic heterocycles. The third-order valence-corrected chi connectivity index (χ3v) is 4.36. The van der Waals surface area contributed by atoms with Gasteiger partial charge in [0.15, 0.2) is 11.7 Å². The minimum Gasteiger partial charge on any atom is -0.468 e. The Balaban J connectivity index is 2.43. The molecule has 136 valence electrons. The van der Waals surface area contributed by atoms with E-state index in [2.05, 4.69) is 0 Å². The van der Waals surface area contributed by atoms with Gasteiger partial charge in [-0.2, -0.15) is 0 Å². The van der Waals surface area contributed by atoms with Crippen molar-refractivity contribution < 1.29 is 23.9 Å². The van der Waals surface area contributed by atoms with Crippen LogP contribution in [0.5, 0.6) is 0 Å². The minimum absolute atomic E-state index is 0.0550. The predicted octanol–water partition coefficient (Wildman–Crippen LogP) is 3.66. The van der Waals surface area contributed by atoms with Crippen LogP contribution in [0, 0.1) is 5.92 Å². The number of rotatable bonds is 7. The van der Waals surface area contributed by atoms with E-state index in [0.717, 1.165) is 0 Å². The Hall–Kier alpha value is -2.66. The summed E-state index contributed by atoms with van der Waals surface area (Å²) < 4.78 is 9.54. The molecule has 0 saturated carbocycles. The third-order valence-electron chi connectivity index (χ3n) is 4.11. The monoisotopic (exact) mass is 374 g/mol. The SMILES string of the molecule is COC(=O)C(C(=O)OC)[C@H](CC(=O)c1ccccc1)c1ccc(Cl)cc1. The second-order valence-corrected chi connectivity index (χ2v) is 6.11. The van der Waals surface area contributed by atoms with E-state index >= 15 is 0 Å². The van der Waals surface area contributed by atoms with Crippen molar-refractivity contribution in [1.29, 1.82) is 0 Å². The molecule has 0 aliphatic carbocycles. The number of benzene rings is 2. The standard InChI is InChI=1S/C20H19ClO5/c1-25-19(23)18(20(24)26-2)16(13-8-10-15(21)11-9-13)12-17(22)14-6-4-3-5-7-14/h3-11,16,18H,12H2,1-2H3/t16-/m1/s1. The normalized spacial score (nSPS) is 11.7. The van der Waals surface area contributed by atoms with E-state index in [-0.39, 0.29) is 12.2 Å². The lowest BCUT2D eigenvalue weighted by molar-refractivity contribution is -0.159. The van der Waals surface area contributed by atoms with E-state index in [1.807, 2.05) is 0 Å². The van der Waals surface area contributed by atoms with Crippen LogP contribution in [0.1, 0.15) is 28.3 Å². The van der Waals surface area contributed by atoms with Crippen molar-refractivity contribution in [2.45, 2.75) is 12.3 Å². The number of hydrogen-bond donors (Lipinski definition) is 0. The van der Waals surface area contributed by atoms with E-state index in [1.54, 1.807) is 54.6 Å². The zero-order valence-corrected chi connectivity index (χ0v) is 15.2. The number of hydrogen-bond acceptors (Lipinski definition) is 5. The second-order valence-electron chi connectivity index (χ2n) is 5.68. The summed E-state index contributed by atoms with van der Waals surface area (Å²) in [5.74, 6) is -3.68. The van der Waals surface area contributed by atoms with Gasteiger partial charge in [0.05, 0.1) is 14.2 Å². The van der Waals surface area contributed by atoms with Crippen molar-refractivity contribution in [2.24, 2.45) is 5.92 Å². The molecule has 5 nitrogen and oxygen atoms in total. The van der Waals surface area contributed by atoms with Gasteiger partial charge in [0, 0.05) is 22.9 Å². The highest BCUT2D eigenvalue weighted by molar-refractivity contribution is 6.30. The second kappa shape index (κ2) is 9.15. The molecule has 2 aromatic carbocycles. The third kappa shape index (κ3) is 4.70. The largest absolute Gasteiger partial charge is 0.468 e. The lowest BCUT2D eigenvalue weighted by Crippen LogP contribution is -2.33. The highest BCUT2D eigenvalue weighted by atomic mass is 35.5. The molecule has 0 fully saturated rings. The van der Waals surface area contributed by atoms with Gasteiger partial charge in [-0.1, -0.05) is 54.1 Å². The van der Waals surface area contributed by atoms with Crippen molar-refractivity contribution >= 4 is 29.3 Å². The molecule has 0 heterocycles. The molecule has 2 rings (SSSR count). The first-order valence-corrected chi connectivity index (χ1v) is 8.35. The fourth-order valence-corrected chi connectivity index (χ4v) is 2.88. The summed E-state index contributed by atoms with van der Waals surface area (Å²) in [5, 5.41) is 0.509. The zero-order chi connectivity index (χ0) is 19.1. The van der Waals surface area contributed by atoms with E-state index in [4.69, 9.17) is 21.1 Å². The van der Waals surface area contributed by atoms with Crippen LogP contribution in [0.3, 0.4) is 0 Å². The highest BCUT2D eigenvalue weighted by Gasteiger charge is 2.39. The van der Waals surface area contributed by atoms with Gasteiger partial charge in [-0.3, -0.25) is 14.4 Å². The lowest BCUT2D eigenvalue weighted by Gasteiger charge is -2.23. The Morgan fingerprint density at radius 1 is 0.885 bits per heavy atom. The summed E-state index contributed by atoms with van der Waals surface area (Å²) in [7, 11) is 2.38. The van der Waals surface area contributed by atoms with Crippen LogP contribution in [-0.4, -0.2) is 31.9 Å². The van der Waals surface area contributed by atoms with E-state index in [9.17, 15) is 14.4 Å². The van der Waals surface area contributed by atoms with Gasteiger partial charge in [-0.25, -0.2) is 0 Å². The average Bonchev–Trinajstić information content (AvgIpc) is 2.68. The topological polar surface area (TPSA) is 69.7 Å². The van der Waals surface area contributed by atoms with Crippen molar-refractivity contribution in [3.05, 3.63) is 70.7 Å². The van der Waals surface area contributed by atoms with Crippen LogP contribution in [0.25, 0.3) is 0 Å². The van der Waals surface area contributed by atoms with Gasteiger partial charge in [0.25, 0.3) is 0 Å². The number of carbonyl (C=O) groups is 3. The Labute approximate surface area is 156 Å². The van der Waals surface area contributed by atoms with Crippen molar-refractivity contribution in [1.82, 2.24) is 0 Å². The molecule has 2 aromatic rings. The number of carbonyl (C=O) groups excluding carboxylic acids is 3. The predicted molar refractivity (Wildman–Crippen MR) is 97.1 cm³/mol. The van der Waals surface area contributed by atoms with Crippen LogP contribution in [0.15, 0.2) is 54.6 Å². The Bertz CT molecular complexity index is 755. The molecule has 0 aliphatic rings. The number of methoxy groups -OCH3 is 2. The van der Waals surface area contributed by atoms with Crippen molar-refractivity contribution in [2.75, 3.05) is 14.2 Å². The molecule has 0 radical (unpaired) electrons. The Morgan fingerprint density at radius 3 is 1.92 bits per heavy atom. The Kier molecular flexibility index (Phi) is 6.92. The molecular weight excluding hydrogens is 356 g/mol. The molecule has 26 heavy (non-hydrogen) atoms. The van der Waals surface area contributed by atoms with Crippen LogP contribution >= 0.6 is 11.6 Å². The van der Waals surface area contributed by atoms with Gasteiger partial charge < -0.3 is 9.47 Å². The summed E-state index contributed by atoms with van der Waals surface area (Å²) in [5.41, 5.74) is 1.12. The van der Waals surface area contributed by atoms with Crippen LogP contribution in [0.2, 0.25) is 5.02 Å². The van der Waals surface area contributed by atoms with E-state index in [0.29, 0.717) is 16.1 Å². The molecule has 0 bridgehead atoms. The summed E-state index contributed by atoms with van der Waals surface area (Å²) >= 11 is 5.93. The average molecular weight is 375 g/mol. The smallest absolute Gasteiger partial charge is 0.320 e. The molecule has 0 unspecified atom stereocenters. The van der Waals surface area contributed by atoms with Gasteiger partial charge >= 0.3 is 11.9 Å².